The van der Waals surface area contributed by atoms with Crippen LogP contribution in [0, 0.1) is 5.41 Å². The molecule has 3 heteroatoms. The van der Waals surface area contributed by atoms with Gasteiger partial charge in [-0.2, -0.15) is 0 Å². The Morgan fingerprint density at radius 1 is 1.33 bits per heavy atom. The molecule has 15 heavy (non-hydrogen) atoms. The standard InChI is InChI=1S/C12H14ClNS/c1-12(2,8-13)7-11-14-9-5-3-4-6-10(9)15-11/h3-6H,7-8H2,1-2H3. The Hall–Kier alpha value is -0.600. The lowest BCUT2D eigenvalue weighted by Gasteiger charge is -2.18. The van der Waals surface area contributed by atoms with Crippen LogP contribution in [0.1, 0.15) is 18.9 Å². The Balaban J connectivity index is 2.30. The zero-order valence-electron chi connectivity index (χ0n) is 8.96. The number of hydrogen-bond donors (Lipinski definition) is 0. The number of halogens is 1. The van der Waals surface area contributed by atoms with Crippen LogP contribution in [-0.4, -0.2) is 10.9 Å². The number of aromatic nitrogens is 1. The normalized spacial score (nSPS) is 12.2. The average molecular weight is 240 g/mol. The first-order chi connectivity index (χ1) is 7.11. The topological polar surface area (TPSA) is 12.9 Å². The van der Waals surface area contributed by atoms with E-state index in [4.69, 9.17) is 11.6 Å². The molecule has 0 saturated carbocycles. The monoisotopic (exact) mass is 239 g/mol. The van der Waals surface area contributed by atoms with Crippen molar-refractivity contribution in [2.75, 3.05) is 5.88 Å². The highest BCUT2D eigenvalue weighted by molar-refractivity contribution is 7.18. The van der Waals surface area contributed by atoms with E-state index in [-0.39, 0.29) is 5.41 Å². The molecule has 0 spiro atoms. The molecule has 0 unspecified atom stereocenters. The Morgan fingerprint density at radius 3 is 2.73 bits per heavy atom. The van der Waals surface area contributed by atoms with Crippen molar-refractivity contribution in [3.63, 3.8) is 0 Å². The minimum atomic E-state index is 0.134. The number of benzene rings is 1. The van der Waals surface area contributed by atoms with Crippen molar-refractivity contribution in [3.05, 3.63) is 29.3 Å². The van der Waals surface area contributed by atoms with Gasteiger partial charge in [0.05, 0.1) is 15.2 Å². The molecule has 0 N–H and O–H groups in total. The van der Waals surface area contributed by atoms with Gasteiger partial charge in [-0.25, -0.2) is 4.98 Å². The number of alkyl halides is 1. The van der Waals surface area contributed by atoms with Crippen LogP contribution < -0.4 is 0 Å². The van der Waals surface area contributed by atoms with Crippen molar-refractivity contribution in [1.29, 1.82) is 0 Å². The molecule has 1 nitrogen and oxygen atoms in total. The van der Waals surface area contributed by atoms with Gasteiger partial charge in [-0.05, 0) is 17.5 Å². The second-order valence-electron chi connectivity index (χ2n) is 4.55. The van der Waals surface area contributed by atoms with Gasteiger partial charge in [0.15, 0.2) is 0 Å². The van der Waals surface area contributed by atoms with E-state index >= 15 is 0 Å². The molecule has 0 amide bonds. The van der Waals surface area contributed by atoms with Gasteiger partial charge in [-0.1, -0.05) is 26.0 Å². The second-order valence-corrected chi connectivity index (χ2v) is 5.93. The summed E-state index contributed by atoms with van der Waals surface area (Å²) in [5, 5.41) is 1.18. The predicted octanol–water partition coefficient (Wildman–Crippen LogP) is 4.10. The van der Waals surface area contributed by atoms with Crippen molar-refractivity contribution in [2.24, 2.45) is 5.41 Å². The van der Waals surface area contributed by atoms with Crippen LogP contribution in [0.3, 0.4) is 0 Å². The van der Waals surface area contributed by atoms with Gasteiger partial charge in [0.2, 0.25) is 0 Å². The van der Waals surface area contributed by atoms with Crippen molar-refractivity contribution >= 4 is 33.2 Å². The SMILES string of the molecule is CC(C)(CCl)Cc1nc2ccccc2s1. The molecule has 1 aromatic carbocycles. The largest absolute Gasteiger partial charge is 0.241 e. The maximum Gasteiger partial charge on any atom is 0.0944 e. The molecule has 0 aliphatic carbocycles. The molecule has 0 atom stereocenters. The lowest BCUT2D eigenvalue weighted by atomic mass is 9.92. The van der Waals surface area contributed by atoms with Crippen LogP contribution in [0.5, 0.6) is 0 Å². The highest BCUT2D eigenvalue weighted by Crippen LogP contribution is 2.28. The van der Waals surface area contributed by atoms with Crippen LogP contribution in [0.4, 0.5) is 0 Å². The minimum absolute atomic E-state index is 0.134. The summed E-state index contributed by atoms with van der Waals surface area (Å²) >= 11 is 7.69. The molecular weight excluding hydrogens is 226 g/mol. The molecular formula is C12H14ClNS. The summed E-state index contributed by atoms with van der Waals surface area (Å²) in [6.07, 6.45) is 0.954. The number of hydrogen-bond acceptors (Lipinski definition) is 2. The van der Waals surface area contributed by atoms with Gasteiger partial charge >= 0.3 is 0 Å². The summed E-state index contributed by atoms with van der Waals surface area (Å²) in [7, 11) is 0. The first-order valence-corrected chi connectivity index (χ1v) is 6.36. The third kappa shape index (κ3) is 2.50. The maximum atomic E-state index is 5.92. The summed E-state index contributed by atoms with van der Waals surface area (Å²) in [6.45, 7) is 4.35. The molecule has 0 aliphatic rings. The first-order valence-electron chi connectivity index (χ1n) is 5.01. The minimum Gasteiger partial charge on any atom is -0.241 e. The van der Waals surface area contributed by atoms with E-state index in [0.29, 0.717) is 5.88 Å². The van der Waals surface area contributed by atoms with Crippen molar-refractivity contribution < 1.29 is 0 Å². The summed E-state index contributed by atoms with van der Waals surface area (Å²) in [6, 6.07) is 8.25. The fourth-order valence-electron chi connectivity index (χ4n) is 1.45. The number of nitrogens with zero attached hydrogens (tertiary/aromatic N) is 1. The van der Waals surface area contributed by atoms with E-state index < -0.39 is 0 Å². The average Bonchev–Trinajstić information content (AvgIpc) is 2.58. The van der Waals surface area contributed by atoms with E-state index in [9.17, 15) is 0 Å². The highest BCUT2D eigenvalue weighted by atomic mass is 35.5. The van der Waals surface area contributed by atoms with Crippen molar-refractivity contribution in [3.8, 4) is 0 Å². The predicted molar refractivity (Wildman–Crippen MR) is 67.8 cm³/mol. The fourth-order valence-corrected chi connectivity index (χ4v) is 2.77. The zero-order valence-corrected chi connectivity index (χ0v) is 10.5. The summed E-state index contributed by atoms with van der Waals surface area (Å²) in [4.78, 5) is 4.61. The van der Waals surface area contributed by atoms with E-state index in [1.165, 1.54) is 9.71 Å². The van der Waals surface area contributed by atoms with Crippen LogP contribution in [-0.2, 0) is 6.42 Å². The molecule has 80 valence electrons. The second kappa shape index (κ2) is 4.11. The van der Waals surface area contributed by atoms with Gasteiger partial charge in [-0.15, -0.1) is 22.9 Å². The van der Waals surface area contributed by atoms with Crippen LogP contribution in [0.25, 0.3) is 10.2 Å². The molecule has 0 saturated heterocycles. The molecule has 2 rings (SSSR count). The van der Waals surface area contributed by atoms with Gasteiger partial charge in [0.1, 0.15) is 0 Å². The van der Waals surface area contributed by atoms with E-state index in [1.54, 1.807) is 11.3 Å². The Labute approximate surface area is 99.1 Å². The van der Waals surface area contributed by atoms with E-state index in [0.717, 1.165) is 11.9 Å². The van der Waals surface area contributed by atoms with Crippen molar-refractivity contribution in [2.45, 2.75) is 20.3 Å². The summed E-state index contributed by atoms with van der Waals surface area (Å²) < 4.78 is 1.26. The molecule has 0 fully saturated rings. The van der Waals surface area contributed by atoms with Crippen molar-refractivity contribution in [1.82, 2.24) is 4.98 Å². The number of rotatable bonds is 3. The molecule has 1 aromatic heterocycles. The smallest absolute Gasteiger partial charge is 0.0944 e. The molecule has 2 aromatic rings. The van der Waals surface area contributed by atoms with Crippen LogP contribution in [0.15, 0.2) is 24.3 Å². The third-order valence-corrected chi connectivity index (χ3v) is 4.09. The molecule has 1 heterocycles. The Kier molecular flexibility index (Phi) is 2.98. The molecule has 0 aliphatic heterocycles. The van der Waals surface area contributed by atoms with Gasteiger partial charge in [-0.3, -0.25) is 0 Å². The lowest BCUT2D eigenvalue weighted by molar-refractivity contribution is 0.417. The maximum absolute atomic E-state index is 5.92. The Bertz CT molecular complexity index is 428. The number of fused-ring (bicyclic) bond motifs is 1. The molecule has 0 bridgehead atoms. The van der Waals surface area contributed by atoms with Gasteiger partial charge in [0.25, 0.3) is 0 Å². The first kappa shape index (κ1) is 10.9. The fraction of sp³-hybridized carbons (Fsp3) is 0.417. The van der Waals surface area contributed by atoms with E-state index in [2.05, 4.69) is 37.0 Å². The third-order valence-electron chi connectivity index (χ3n) is 2.33. The molecule has 0 radical (unpaired) electrons. The van der Waals surface area contributed by atoms with E-state index in [1.807, 2.05) is 6.07 Å². The van der Waals surface area contributed by atoms with Gasteiger partial charge < -0.3 is 0 Å². The zero-order chi connectivity index (χ0) is 10.9. The highest BCUT2D eigenvalue weighted by Gasteiger charge is 2.19. The Morgan fingerprint density at radius 2 is 2.07 bits per heavy atom. The summed E-state index contributed by atoms with van der Waals surface area (Å²) in [5.74, 6) is 0.670. The summed E-state index contributed by atoms with van der Waals surface area (Å²) in [5.41, 5.74) is 1.23. The lowest BCUT2D eigenvalue weighted by Crippen LogP contribution is -2.16. The number of thiazole rings is 1. The van der Waals surface area contributed by atoms with Crippen LogP contribution >= 0.6 is 22.9 Å². The van der Waals surface area contributed by atoms with Crippen LogP contribution in [0.2, 0.25) is 0 Å². The number of para-hydroxylation sites is 1. The quantitative estimate of drug-likeness (QED) is 0.735. The van der Waals surface area contributed by atoms with Gasteiger partial charge in [0, 0.05) is 12.3 Å².